The number of hydrogen-bond acceptors (Lipinski definition) is 6. The zero-order chi connectivity index (χ0) is 17.0. The van der Waals surface area contributed by atoms with Crippen LogP contribution in [-0.4, -0.2) is 34.5 Å². The Morgan fingerprint density at radius 3 is 2.87 bits per heavy atom. The topological polar surface area (TPSA) is 107 Å². The third-order valence-corrected chi connectivity index (χ3v) is 3.79. The Bertz CT molecular complexity index is 773. The molecule has 1 aromatic heterocycles. The molecule has 0 spiro atoms. The van der Waals surface area contributed by atoms with E-state index in [0.29, 0.717) is 27.3 Å². The number of carbonyl (C=O) groups is 1. The van der Waals surface area contributed by atoms with Gasteiger partial charge in [-0.2, -0.15) is 5.10 Å². The molecule has 2 rings (SSSR count). The number of carbonyl (C=O) groups excluding carboxylic acids is 1. The van der Waals surface area contributed by atoms with Crippen LogP contribution in [0.3, 0.4) is 0 Å². The molecule has 8 nitrogen and oxygen atoms in total. The summed E-state index contributed by atoms with van der Waals surface area (Å²) >= 11 is 8.53. The van der Waals surface area contributed by atoms with Crippen molar-refractivity contribution in [2.24, 2.45) is 5.73 Å². The molecule has 0 unspecified atom stereocenters. The molecule has 124 valence electrons. The van der Waals surface area contributed by atoms with Gasteiger partial charge in [0.1, 0.15) is 5.82 Å². The summed E-state index contributed by atoms with van der Waals surface area (Å²) in [4.78, 5) is 10.9. The molecule has 1 amide bonds. The van der Waals surface area contributed by atoms with Gasteiger partial charge in [0, 0.05) is 0 Å². The van der Waals surface area contributed by atoms with Crippen LogP contribution in [0.15, 0.2) is 16.6 Å². The fraction of sp³-hybridized carbons (Fsp3) is 0.308. The van der Waals surface area contributed by atoms with Gasteiger partial charge in [0.2, 0.25) is 4.77 Å². The maximum atomic E-state index is 10.9. The lowest BCUT2D eigenvalue weighted by Gasteiger charge is -2.14. The number of nitrogens with zero attached hydrogens (tertiary/aromatic N) is 2. The largest absolute Gasteiger partial charge is 0.493 e. The number of benzene rings is 1. The third kappa shape index (κ3) is 4.23. The Kier molecular flexibility index (Phi) is 5.61. The summed E-state index contributed by atoms with van der Waals surface area (Å²) < 4.78 is 13.5. The molecule has 23 heavy (non-hydrogen) atoms. The molecule has 0 aliphatic rings. The van der Waals surface area contributed by atoms with E-state index in [1.165, 1.54) is 7.11 Å². The van der Waals surface area contributed by atoms with Gasteiger partial charge in [0.15, 0.2) is 18.1 Å². The van der Waals surface area contributed by atoms with Crippen molar-refractivity contribution in [1.82, 2.24) is 14.9 Å². The Balaban J connectivity index is 2.19. The van der Waals surface area contributed by atoms with E-state index in [2.05, 4.69) is 31.6 Å². The molecule has 4 N–H and O–H groups in total. The molecular weight excluding hydrogens is 386 g/mol. The molecule has 0 saturated heterocycles. The Morgan fingerprint density at radius 1 is 1.57 bits per heavy atom. The summed E-state index contributed by atoms with van der Waals surface area (Å²) in [6, 6.07) is 3.65. The molecule has 0 saturated carbocycles. The van der Waals surface area contributed by atoms with Gasteiger partial charge in [-0.05, 0) is 52.8 Å². The van der Waals surface area contributed by atoms with Crippen LogP contribution in [0, 0.1) is 11.7 Å². The molecular formula is C13H16BrN5O3S. The van der Waals surface area contributed by atoms with E-state index in [1.54, 1.807) is 10.7 Å². The van der Waals surface area contributed by atoms with Crippen LogP contribution in [0.5, 0.6) is 11.5 Å². The van der Waals surface area contributed by atoms with Gasteiger partial charge >= 0.3 is 0 Å². The minimum absolute atomic E-state index is 0.226. The van der Waals surface area contributed by atoms with Crippen molar-refractivity contribution >= 4 is 34.1 Å². The van der Waals surface area contributed by atoms with E-state index in [4.69, 9.17) is 27.4 Å². The lowest BCUT2D eigenvalue weighted by atomic mass is 10.2. The number of aromatic nitrogens is 3. The van der Waals surface area contributed by atoms with Crippen LogP contribution in [-0.2, 0) is 11.3 Å². The van der Waals surface area contributed by atoms with Gasteiger partial charge in [0.25, 0.3) is 5.91 Å². The number of hydrogen-bond donors (Lipinski definition) is 3. The second-order valence-electron chi connectivity index (χ2n) is 4.61. The Hall–Kier alpha value is -2.07. The zero-order valence-corrected chi connectivity index (χ0v) is 15.0. The highest BCUT2D eigenvalue weighted by Gasteiger charge is 2.13. The average molecular weight is 402 g/mol. The molecule has 1 aromatic carbocycles. The molecule has 1 heterocycles. The highest BCUT2D eigenvalue weighted by atomic mass is 79.9. The van der Waals surface area contributed by atoms with Gasteiger partial charge in [-0.25, -0.2) is 4.68 Å². The third-order valence-electron chi connectivity index (χ3n) is 2.93. The number of aryl methyl sites for hydroxylation is 1. The van der Waals surface area contributed by atoms with Gasteiger partial charge in [-0.3, -0.25) is 9.89 Å². The van der Waals surface area contributed by atoms with Crippen LogP contribution < -0.4 is 20.6 Å². The van der Waals surface area contributed by atoms with Gasteiger partial charge in [0.05, 0.1) is 18.1 Å². The highest BCUT2D eigenvalue weighted by molar-refractivity contribution is 9.10. The summed E-state index contributed by atoms with van der Waals surface area (Å²) in [7, 11) is 1.52. The summed E-state index contributed by atoms with van der Waals surface area (Å²) in [5, 5.41) is 6.72. The summed E-state index contributed by atoms with van der Waals surface area (Å²) in [5.41, 5.74) is 9.16. The van der Waals surface area contributed by atoms with Crippen molar-refractivity contribution in [2.75, 3.05) is 19.1 Å². The van der Waals surface area contributed by atoms with Crippen LogP contribution in [0.4, 0.5) is 0 Å². The number of rotatable bonds is 7. The Morgan fingerprint density at radius 2 is 2.30 bits per heavy atom. The number of primary amides is 1. The van der Waals surface area contributed by atoms with E-state index in [0.717, 1.165) is 11.4 Å². The predicted molar refractivity (Wildman–Crippen MR) is 90.6 cm³/mol. The smallest absolute Gasteiger partial charge is 0.255 e. The maximum absolute atomic E-state index is 10.9. The van der Waals surface area contributed by atoms with Crippen molar-refractivity contribution in [1.29, 1.82) is 0 Å². The normalized spacial score (nSPS) is 10.4. The lowest BCUT2D eigenvalue weighted by molar-refractivity contribution is -0.119. The van der Waals surface area contributed by atoms with Gasteiger partial charge < -0.3 is 20.6 Å². The number of amides is 1. The van der Waals surface area contributed by atoms with E-state index in [1.807, 2.05) is 13.0 Å². The standard InChI is InChI=1S/C13H16BrN5O3S/c1-7-17-18-13(23)19(7)16-5-8-3-9(14)12(10(4-8)21-2)22-6-11(15)20/h3-4,16H,5-6H2,1-2H3,(H2,15,20)(H,18,23). The quantitative estimate of drug-likeness (QED) is 0.608. The van der Waals surface area contributed by atoms with Crippen LogP contribution in [0.1, 0.15) is 11.4 Å². The predicted octanol–water partition coefficient (Wildman–Crippen LogP) is 1.63. The number of ether oxygens (including phenoxy) is 2. The number of nitrogens with one attached hydrogen (secondary N) is 2. The monoisotopic (exact) mass is 401 g/mol. The minimum atomic E-state index is -0.561. The average Bonchev–Trinajstić information content (AvgIpc) is 2.82. The molecule has 0 radical (unpaired) electrons. The van der Waals surface area contributed by atoms with E-state index in [-0.39, 0.29) is 6.61 Å². The molecule has 2 aromatic rings. The molecule has 0 atom stereocenters. The van der Waals surface area contributed by atoms with Crippen molar-refractivity contribution in [2.45, 2.75) is 13.5 Å². The SMILES string of the molecule is COc1cc(CNn2c(C)n[nH]c2=S)cc(Br)c1OCC(N)=O. The fourth-order valence-electron chi connectivity index (χ4n) is 1.89. The van der Waals surface area contributed by atoms with E-state index in [9.17, 15) is 4.79 Å². The van der Waals surface area contributed by atoms with Crippen molar-refractivity contribution in [3.05, 3.63) is 32.8 Å². The molecule has 0 bridgehead atoms. The summed E-state index contributed by atoms with van der Waals surface area (Å²) in [6.07, 6.45) is 0. The second kappa shape index (κ2) is 7.47. The van der Waals surface area contributed by atoms with Crippen LogP contribution in [0.25, 0.3) is 0 Å². The zero-order valence-electron chi connectivity index (χ0n) is 12.6. The van der Waals surface area contributed by atoms with Crippen molar-refractivity contribution in [3.63, 3.8) is 0 Å². The molecule has 0 fully saturated rings. The summed E-state index contributed by atoms with van der Waals surface area (Å²) in [6.45, 7) is 2.09. The first-order chi connectivity index (χ1) is 10.9. The number of nitrogens with two attached hydrogens (primary N) is 1. The lowest BCUT2D eigenvalue weighted by Crippen LogP contribution is -2.20. The number of methoxy groups -OCH3 is 1. The van der Waals surface area contributed by atoms with Crippen LogP contribution >= 0.6 is 28.1 Å². The first-order valence-corrected chi connectivity index (χ1v) is 7.78. The van der Waals surface area contributed by atoms with Gasteiger partial charge in [-0.15, -0.1) is 0 Å². The van der Waals surface area contributed by atoms with E-state index >= 15 is 0 Å². The highest BCUT2D eigenvalue weighted by Crippen LogP contribution is 2.36. The summed E-state index contributed by atoms with van der Waals surface area (Å²) in [5.74, 6) is 1.08. The second-order valence-corrected chi connectivity index (χ2v) is 5.85. The first-order valence-electron chi connectivity index (χ1n) is 6.57. The number of halogens is 1. The fourth-order valence-corrected chi connectivity index (χ4v) is 2.74. The molecule has 10 heteroatoms. The first kappa shape index (κ1) is 17.3. The maximum Gasteiger partial charge on any atom is 0.255 e. The Labute approximate surface area is 146 Å². The molecule has 0 aliphatic heterocycles. The van der Waals surface area contributed by atoms with Crippen molar-refractivity contribution in [3.8, 4) is 11.5 Å². The van der Waals surface area contributed by atoms with Crippen molar-refractivity contribution < 1.29 is 14.3 Å². The van der Waals surface area contributed by atoms with E-state index < -0.39 is 5.91 Å². The minimum Gasteiger partial charge on any atom is -0.493 e. The molecule has 0 aliphatic carbocycles. The number of H-pyrrole nitrogens is 1. The number of aromatic amines is 1. The van der Waals surface area contributed by atoms with Crippen LogP contribution in [0.2, 0.25) is 0 Å². The van der Waals surface area contributed by atoms with Gasteiger partial charge in [-0.1, -0.05) is 0 Å².